The highest BCUT2D eigenvalue weighted by Crippen LogP contribution is 2.16. The first-order valence-corrected chi connectivity index (χ1v) is 7.32. The highest BCUT2D eigenvalue weighted by molar-refractivity contribution is 5.76. The summed E-state index contributed by atoms with van der Waals surface area (Å²) in [6.45, 7) is 7.26. The van der Waals surface area contributed by atoms with Crippen molar-refractivity contribution in [2.75, 3.05) is 26.2 Å². The smallest absolute Gasteiger partial charge is 0.222 e. The van der Waals surface area contributed by atoms with Gasteiger partial charge in [0.2, 0.25) is 5.91 Å². The van der Waals surface area contributed by atoms with E-state index in [1.54, 1.807) is 6.07 Å². The van der Waals surface area contributed by atoms with Crippen LogP contribution >= 0.6 is 0 Å². The summed E-state index contributed by atoms with van der Waals surface area (Å²) in [6, 6.07) is 3.42. The number of nitrogens with zero attached hydrogens (tertiary/aromatic N) is 1. The number of hydrogen-bond acceptors (Lipinski definition) is 2. The Morgan fingerprint density at radius 1 is 1.25 bits per heavy atom. The standard InChI is InChI=1S/C16H23FN2O/c1-12-10-14(15(17)11-13(12)2)4-5-16(20)19-8-3-6-18-7-9-19/h10-11,18H,3-9H2,1-2H3. The third kappa shape index (κ3) is 3.79. The van der Waals surface area contributed by atoms with Crippen LogP contribution < -0.4 is 5.32 Å². The van der Waals surface area contributed by atoms with E-state index in [-0.39, 0.29) is 11.7 Å². The summed E-state index contributed by atoms with van der Waals surface area (Å²) in [5.41, 5.74) is 2.68. The molecule has 1 aromatic carbocycles. The average molecular weight is 278 g/mol. The second-order valence-electron chi connectivity index (χ2n) is 5.51. The molecule has 0 aliphatic carbocycles. The molecule has 0 aromatic heterocycles. The summed E-state index contributed by atoms with van der Waals surface area (Å²) in [5.74, 6) is -0.0650. The number of hydrogen-bond donors (Lipinski definition) is 1. The van der Waals surface area contributed by atoms with Gasteiger partial charge < -0.3 is 10.2 Å². The minimum atomic E-state index is -0.196. The lowest BCUT2D eigenvalue weighted by atomic mass is 10.0. The van der Waals surface area contributed by atoms with Crippen LogP contribution in [0.3, 0.4) is 0 Å². The number of amides is 1. The summed E-state index contributed by atoms with van der Waals surface area (Å²) in [7, 11) is 0. The Kier molecular flexibility index (Phi) is 5.12. The number of nitrogens with one attached hydrogen (secondary N) is 1. The van der Waals surface area contributed by atoms with Gasteiger partial charge in [0.25, 0.3) is 0 Å². The first kappa shape index (κ1) is 15.0. The van der Waals surface area contributed by atoms with E-state index < -0.39 is 0 Å². The maximum Gasteiger partial charge on any atom is 0.222 e. The van der Waals surface area contributed by atoms with Gasteiger partial charge in [0.15, 0.2) is 0 Å². The van der Waals surface area contributed by atoms with Crippen LogP contribution in [-0.4, -0.2) is 37.0 Å². The van der Waals surface area contributed by atoms with Crippen LogP contribution in [0, 0.1) is 19.7 Å². The van der Waals surface area contributed by atoms with Crippen LogP contribution in [0.15, 0.2) is 12.1 Å². The van der Waals surface area contributed by atoms with Crippen LogP contribution in [0.2, 0.25) is 0 Å². The molecule has 1 amide bonds. The van der Waals surface area contributed by atoms with Crippen molar-refractivity contribution >= 4 is 5.91 Å². The second kappa shape index (κ2) is 6.84. The Hall–Kier alpha value is -1.42. The van der Waals surface area contributed by atoms with Gasteiger partial charge in [-0.3, -0.25) is 4.79 Å². The predicted octanol–water partition coefficient (Wildman–Crippen LogP) is 2.20. The molecule has 3 nitrogen and oxygen atoms in total. The van der Waals surface area contributed by atoms with Gasteiger partial charge in [0.1, 0.15) is 5.82 Å². The highest BCUT2D eigenvalue weighted by atomic mass is 19.1. The van der Waals surface area contributed by atoms with Crippen LogP contribution in [0.5, 0.6) is 0 Å². The molecule has 0 bridgehead atoms. The van der Waals surface area contributed by atoms with E-state index in [1.807, 2.05) is 24.8 Å². The van der Waals surface area contributed by atoms with E-state index in [1.165, 1.54) is 0 Å². The van der Waals surface area contributed by atoms with Crippen LogP contribution in [0.25, 0.3) is 0 Å². The van der Waals surface area contributed by atoms with Crippen molar-refractivity contribution in [1.29, 1.82) is 0 Å². The van der Waals surface area contributed by atoms with E-state index in [4.69, 9.17) is 0 Å². The van der Waals surface area contributed by atoms with Crippen LogP contribution in [0.4, 0.5) is 4.39 Å². The molecule has 0 spiro atoms. The Balaban J connectivity index is 1.94. The molecule has 0 atom stereocenters. The minimum absolute atomic E-state index is 0.131. The maximum absolute atomic E-state index is 13.9. The number of benzene rings is 1. The third-order valence-corrected chi connectivity index (χ3v) is 3.96. The predicted molar refractivity (Wildman–Crippen MR) is 78.3 cm³/mol. The Morgan fingerprint density at radius 2 is 2.00 bits per heavy atom. The van der Waals surface area contributed by atoms with E-state index in [0.717, 1.165) is 43.7 Å². The molecule has 1 heterocycles. The molecule has 0 radical (unpaired) electrons. The SMILES string of the molecule is Cc1cc(F)c(CCC(=O)N2CCCNCC2)cc1C. The number of rotatable bonds is 3. The van der Waals surface area contributed by atoms with Crippen molar-refractivity contribution in [2.24, 2.45) is 0 Å². The minimum Gasteiger partial charge on any atom is -0.341 e. The summed E-state index contributed by atoms with van der Waals surface area (Å²) in [4.78, 5) is 14.1. The van der Waals surface area contributed by atoms with Crippen LogP contribution in [-0.2, 0) is 11.2 Å². The molecular formula is C16H23FN2O. The lowest BCUT2D eigenvalue weighted by Gasteiger charge is -2.20. The third-order valence-electron chi connectivity index (χ3n) is 3.96. The zero-order valence-corrected chi connectivity index (χ0v) is 12.3. The number of carbonyl (C=O) groups is 1. The molecule has 1 aliphatic heterocycles. The van der Waals surface area contributed by atoms with Gasteiger partial charge in [-0.1, -0.05) is 6.07 Å². The quantitative estimate of drug-likeness (QED) is 0.919. The van der Waals surface area contributed by atoms with Gasteiger partial charge >= 0.3 is 0 Å². The van der Waals surface area contributed by atoms with Crippen molar-refractivity contribution in [2.45, 2.75) is 33.1 Å². The van der Waals surface area contributed by atoms with Crippen molar-refractivity contribution in [3.63, 3.8) is 0 Å². The summed E-state index contributed by atoms with van der Waals surface area (Å²) < 4.78 is 13.9. The normalized spacial score (nSPS) is 16.1. The van der Waals surface area contributed by atoms with Gasteiger partial charge in [0, 0.05) is 26.1 Å². The molecule has 4 heteroatoms. The topological polar surface area (TPSA) is 32.3 Å². The summed E-state index contributed by atoms with van der Waals surface area (Å²) in [6.07, 6.45) is 1.86. The zero-order valence-electron chi connectivity index (χ0n) is 12.3. The molecule has 1 aliphatic rings. The Morgan fingerprint density at radius 3 is 2.80 bits per heavy atom. The zero-order chi connectivity index (χ0) is 14.5. The van der Waals surface area contributed by atoms with Crippen LogP contribution in [0.1, 0.15) is 29.5 Å². The average Bonchev–Trinajstić information content (AvgIpc) is 2.70. The van der Waals surface area contributed by atoms with Gasteiger partial charge in [-0.2, -0.15) is 0 Å². The van der Waals surface area contributed by atoms with E-state index in [9.17, 15) is 9.18 Å². The fourth-order valence-corrected chi connectivity index (χ4v) is 2.53. The first-order chi connectivity index (χ1) is 9.58. The highest BCUT2D eigenvalue weighted by Gasteiger charge is 2.16. The molecule has 1 fully saturated rings. The summed E-state index contributed by atoms with van der Waals surface area (Å²) >= 11 is 0. The van der Waals surface area contributed by atoms with Crippen molar-refractivity contribution in [1.82, 2.24) is 10.2 Å². The molecule has 0 saturated carbocycles. The fraction of sp³-hybridized carbons (Fsp3) is 0.562. The van der Waals surface area contributed by atoms with E-state index in [2.05, 4.69) is 5.32 Å². The van der Waals surface area contributed by atoms with E-state index in [0.29, 0.717) is 18.4 Å². The molecule has 1 N–H and O–H groups in total. The lowest BCUT2D eigenvalue weighted by Crippen LogP contribution is -2.34. The lowest BCUT2D eigenvalue weighted by molar-refractivity contribution is -0.130. The Bertz CT molecular complexity index is 480. The second-order valence-corrected chi connectivity index (χ2v) is 5.51. The first-order valence-electron chi connectivity index (χ1n) is 7.32. The van der Waals surface area contributed by atoms with Crippen molar-refractivity contribution in [3.8, 4) is 0 Å². The van der Waals surface area contributed by atoms with E-state index >= 15 is 0 Å². The van der Waals surface area contributed by atoms with Gasteiger partial charge in [-0.25, -0.2) is 4.39 Å². The monoisotopic (exact) mass is 278 g/mol. The van der Waals surface area contributed by atoms with Crippen molar-refractivity contribution < 1.29 is 9.18 Å². The molecule has 1 saturated heterocycles. The molecule has 1 aromatic rings. The van der Waals surface area contributed by atoms with Gasteiger partial charge in [0.05, 0.1) is 0 Å². The largest absolute Gasteiger partial charge is 0.341 e. The molecule has 110 valence electrons. The van der Waals surface area contributed by atoms with Gasteiger partial charge in [-0.15, -0.1) is 0 Å². The molecular weight excluding hydrogens is 255 g/mol. The van der Waals surface area contributed by atoms with Gasteiger partial charge in [-0.05, 0) is 56.0 Å². The number of aryl methyl sites for hydroxylation is 3. The van der Waals surface area contributed by atoms with Crippen molar-refractivity contribution in [3.05, 3.63) is 34.6 Å². The molecule has 0 unspecified atom stereocenters. The maximum atomic E-state index is 13.9. The summed E-state index contributed by atoms with van der Waals surface area (Å²) in [5, 5.41) is 3.27. The number of carbonyl (C=O) groups excluding carboxylic acids is 1. The fourth-order valence-electron chi connectivity index (χ4n) is 2.53. The molecule has 20 heavy (non-hydrogen) atoms. The molecule has 2 rings (SSSR count). The Labute approximate surface area is 120 Å². The number of halogens is 1.